The first-order chi connectivity index (χ1) is 14.5. The number of likely N-dealkylation sites (tertiary alicyclic amines) is 1. The van der Waals surface area contributed by atoms with Gasteiger partial charge >= 0.3 is 0 Å². The number of hydrogen-bond donors (Lipinski definition) is 1. The van der Waals surface area contributed by atoms with Gasteiger partial charge in [0.05, 0.1) is 6.54 Å². The molecule has 0 radical (unpaired) electrons. The average molecular weight is 425 g/mol. The van der Waals surface area contributed by atoms with Gasteiger partial charge in [0.25, 0.3) is 5.91 Å². The maximum atomic E-state index is 12.9. The molecule has 1 saturated heterocycles. The Bertz CT molecular complexity index is 1030. The van der Waals surface area contributed by atoms with Crippen molar-refractivity contribution >= 4 is 23.2 Å². The van der Waals surface area contributed by atoms with Crippen molar-refractivity contribution in [3.8, 4) is 11.4 Å². The molecule has 3 aromatic rings. The van der Waals surface area contributed by atoms with Crippen LogP contribution in [0.3, 0.4) is 0 Å². The van der Waals surface area contributed by atoms with Crippen molar-refractivity contribution in [2.75, 3.05) is 11.9 Å². The lowest BCUT2D eigenvalue weighted by Gasteiger charge is -2.33. The van der Waals surface area contributed by atoms with E-state index in [1.807, 2.05) is 42.2 Å². The van der Waals surface area contributed by atoms with Gasteiger partial charge in [-0.2, -0.15) is 4.98 Å². The summed E-state index contributed by atoms with van der Waals surface area (Å²) in [7, 11) is 0. The lowest BCUT2D eigenvalue weighted by molar-refractivity contribution is 0.0635. The SMILES string of the molecule is Cc1cc(C(=O)N2CCCCC2C)ccc1NCc1nc(-c2ccc(Cl)cc2)no1. The van der Waals surface area contributed by atoms with Crippen LogP contribution < -0.4 is 5.32 Å². The summed E-state index contributed by atoms with van der Waals surface area (Å²) in [5, 5.41) is 8.01. The number of aromatic nitrogens is 2. The van der Waals surface area contributed by atoms with Crippen molar-refractivity contribution in [3.63, 3.8) is 0 Å². The fourth-order valence-corrected chi connectivity index (χ4v) is 3.90. The Morgan fingerprint density at radius 1 is 1.23 bits per heavy atom. The third-order valence-corrected chi connectivity index (χ3v) is 5.79. The molecule has 30 heavy (non-hydrogen) atoms. The van der Waals surface area contributed by atoms with E-state index in [1.165, 1.54) is 6.42 Å². The van der Waals surface area contributed by atoms with Gasteiger partial charge in [-0.1, -0.05) is 16.8 Å². The van der Waals surface area contributed by atoms with Gasteiger partial charge in [-0.15, -0.1) is 0 Å². The fraction of sp³-hybridized carbons (Fsp3) is 0.348. The number of rotatable bonds is 5. The number of piperidine rings is 1. The zero-order chi connectivity index (χ0) is 21.1. The highest BCUT2D eigenvalue weighted by Crippen LogP contribution is 2.23. The number of nitrogens with zero attached hydrogens (tertiary/aromatic N) is 3. The Labute approximate surface area is 181 Å². The maximum Gasteiger partial charge on any atom is 0.254 e. The number of nitrogens with one attached hydrogen (secondary N) is 1. The van der Waals surface area contributed by atoms with Crippen molar-refractivity contribution in [1.29, 1.82) is 0 Å². The second-order valence-corrected chi connectivity index (χ2v) is 8.18. The van der Waals surface area contributed by atoms with Gasteiger partial charge in [0.2, 0.25) is 11.7 Å². The highest BCUT2D eigenvalue weighted by atomic mass is 35.5. The molecule has 0 saturated carbocycles. The second kappa shape index (κ2) is 8.88. The molecule has 4 rings (SSSR count). The molecule has 0 bridgehead atoms. The van der Waals surface area contributed by atoms with E-state index >= 15 is 0 Å². The molecule has 0 aliphatic carbocycles. The van der Waals surface area contributed by atoms with Crippen LogP contribution in [0.15, 0.2) is 47.0 Å². The summed E-state index contributed by atoms with van der Waals surface area (Å²) < 4.78 is 5.35. The molecule has 1 aliphatic rings. The van der Waals surface area contributed by atoms with E-state index in [9.17, 15) is 4.79 Å². The van der Waals surface area contributed by atoms with Gasteiger partial charge in [-0.05, 0) is 81.1 Å². The zero-order valence-electron chi connectivity index (χ0n) is 17.2. The van der Waals surface area contributed by atoms with Gasteiger partial charge in [0.15, 0.2) is 0 Å². The minimum atomic E-state index is 0.112. The van der Waals surface area contributed by atoms with E-state index in [0.29, 0.717) is 29.3 Å². The largest absolute Gasteiger partial charge is 0.376 e. The minimum Gasteiger partial charge on any atom is -0.376 e. The second-order valence-electron chi connectivity index (χ2n) is 7.75. The number of carbonyl (C=O) groups excluding carboxylic acids is 1. The molecule has 1 aliphatic heterocycles. The summed E-state index contributed by atoms with van der Waals surface area (Å²) in [4.78, 5) is 19.3. The number of carbonyl (C=O) groups is 1. The smallest absolute Gasteiger partial charge is 0.254 e. The molecule has 2 heterocycles. The number of halogens is 1. The van der Waals surface area contributed by atoms with Gasteiger partial charge in [-0.3, -0.25) is 4.79 Å². The fourth-order valence-electron chi connectivity index (χ4n) is 3.77. The van der Waals surface area contributed by atoms with E-state index in [4.69, 9.17) is 16.1 Å². The summed E-state index contributed by atoms with van der Waals surface area (Å²) in [6.07, 6.45) is 3.35. The molecule has 2 aromatic carbocycles. The number of amides is 1. The Morgan fingerprint density at radius 2 is 2.03 bits per heavy atom. The third kappa shape index (κ3) is 4.49. The molecule has 1 fully saturated rings. The standard InChI is InChI=1S/C23H25ClN4O2/c1-15-13-18(23(29)28-12-4-3-5-16(28)2)8-11-20(15)25-14-21-26-22(27-30-21)17-6-9-19(24)10-7-17/h6-11,13,16,25H,3-5,12,14H2,1-2H3. The normalized spacial score (nSPS) is 16.5. The summed E-state index contributed by atoms with van der Waals surface area (Å²) in [6, 6.07) is 13.4. The predicted molar refractivity (Wildman–Crippen MR) is 118 cm³/mol. The number of aryl methyl sites for hydroxylation is 1. The molecule has 1 unspecified atom stereocenters. The molecular weight excluding hydrogens is 400 g/mol. The Balaban J connectivity index is 1.41. The van der Waals surface area contributed by atoms with Crippen LogP contribution >= 0.6 is 11.6 Å². The van der Waals surface area contributed by atoms with Crippen LogP contribution in [0.5, 0.6) is 0 Å². The molecular formula is C23H25ClN4O2. The van der Waals surface area contributed by atoms with Crippen LogP contribution in [-0.4, -0.2) is 33.5 Å². The lowest BCUT2D eigenvalue weighted by Crippen LogP contribution is -2.42. The molecule has 1 N–H and O–H groups in total. The topological polar surface area (TPSA) is 71.3 Å². The molecule has 1 amide bonds. The minimum absolute atomic E-state index is 0.112. The Morgan fingerprint density at radius 3 is 2.77 bits per heavy atom. The van der Waals surface area contributed by atoms with E-state index in [0.717, 1.165) is 41.8 Å². The van der Waals surface area contributed by atoms with Crippen molar-refractivity contribution in [2.45, 2.75) is 45.7 Å². The summed E-state index contributed by atoms with van der Waals surface area (Å²) in [5.74, 6) is 1.12. The lowest BCUT2D eigenvalue weighted by atomic mass is 10.0. The van der Waals surface area contributed by atoms with Crippen LogP contribution in [0.25, 0.3) is 11.4 Å². The molecule has 6 nitrogen and oxygen atoms in total. The van der Waals surface area contributed by atoms with Crippen LogP contribution in [-0.2, 0) is 6.54 Å². The van der Waals surface area contributed by atoms with E-state index < -0.39 is 0 Å². The summed E-state index contributed by atoms with van der Waals surface area (Å²) >= 11 is 5.92. The quantitative estimate of drug-likeness (QED) is 0.599. The highest BCUT2D eigenvalue weighted by molar-refractivity contribution is 6.30. The number of benzene rings is 2. The predicted octanol–water partition coefficient (Wildman–Crippen LogP) is 5.33. The first-order valence-electron chi connectivity index (χ1n) is 10.3. The van der Waals surface area contributed by atoms with Crippen molar-refractivity contribution < 1.29 is 9.32 Å². The molecule has 0 spiro atoms. The maximum absolute atomic E-state index is 12.9. The van der Waals surface area contributed by atoms with Crippen LogP contribution in [0.4, 0.5) is 5.69 Å². The molecule has 156 valence electrons. The molecule has 1 aromatic heterocycles. The van der Waals surface area contributed by atoms with Gasteiger partial charge in [0, 0.05) is 34.4 Å². The number of hydrogen-bond acceptors (Lipinski definition) is 5. The first kappa shape index (κ1) is 20.4. The number of anilines is 1. The van der Waals surface area contributed by atoms with Crippen molar-refractivity contribution in [2.24, 2.45) is 0 Å². The van der Waals surface area contributed by atoms with Crippen LogP contribution in [0.1, 0.15) is 48.0 Å². The van der Waals surface area contributed by atoms with Crippen molar-refractivity contribution in [1.82, 2.24) is 15.0 Å². The Hall–Kier alpha value is -2.86. The van der Waals surface area contributed by atoms with Gasteiger partial charge in [-0.25, -0.2) is 0 Å². The van der Waals surface area contributed by atoms with Crippen LogP contribution in [0, 0.1) is 6.92 Å². The summed E-state index contributed by atoms with van der Waals surface area (Å²) in [6.45, 7) is 5.36. The molecule has 7 heteroatoms. The monoisotopic (exact) mass is 424 g/mol. The van der Waals surface area contributed by atoms with E-state index in [-0.39, 0.29) is 5.91 Å². The molecule has 1 atom stereocenters. The summed E-state index contributed by atoms with van der Waals surface area (Å²) in [5.41, 5.74) is 3.52. The van der Waals surface area contributed by atoms with Crippen LogP contribution in [0.2, 0.25) is 5.02 Å². The average Bonchev–Trinajstić information content (AvgIpc) is 3.22. The van der Waals surface area contributed by atoms with E-state index in [1.54, 1.807) is 12.1 Å². The Kier molecular flexibility index (Phi) is 6.04. The van der Waals surface area contributed by atoms with Crippen molar-refractivity contribution in [3.05, 3.63) is 64.5 Å². The zero-order valence-corrected chi connectivity index (χ0v) is 17.9. The third-order valence-electron chi connectivity index (χ3n) is 5.54. The highest BCUT2D eigenvalue weighted by Gasteiger charge is 2.24. The van der Waals surface area contributed by atoms with Gasteiger partial charge in [0.1, 0.15) is 0 Å². The van der Waals surface area contributed by atoms with E-state index in [2.05, 4.69) is 22.4 Å². The van der Waals surface area contributed by atoms with Gasteiger partial charge < -0.3 is 14.7 Å². The first-order valence-corrected chi connectivity index (χ1v) is 10.6.